The van der Waals surface area contributed by atoms with Crippen molar-refractivity contribution >= 4 is 22.5 Å². The van der Waals surface area contributed by atoms with Crippen LogP contribution >= 0.6 is 0 Å². The van der Waals surface area contributed by atoms with E-state index in [1.54, 1.807) is 14.2 Å². The van der Waals surface area contributed by atoms with Crippen LogP contribution in [0.5, 0.6) is 17.2 Å². The second-order valence-corrected chi connectivity index (χ2v) is 14.6. The molecular weight excluding hydrogens is 606 g/mol. The van der Waals surface area contributed by atoms with E-state index in [9.17, 15) is 0 Å². The van der Waals surface area contributed by atoms with Gasteiger partial charge in [-0.25, -0.2) is 0 Å². The van der Waals surface area contributed by atoms with Gasteiger partial charge in [-0.3, -0.25) is 0 Å². The first-order valence-electron chi connectivity index (χ1n) is 17.9. The second-order valence-electron chi connectivity index (χ2n) is 14.6. The summed E-state index contributed by atoms with van der Waals surface area (Å²) in [5.74, 6) is 4.06. The van der Waals surface area contributed by atoms with E-state index in [1.807, 2.05) is 0 Å². The van der Waals surface area contributed by atoms with Gasteiger partial charge in [0.25, 0.3) is 0 Å². The second kappa shape index (κ2) is 10.9. The first kappa shape index (κ1) is 29.2. The van der Waals surface area contributed by atoms with Gasteiger partial charge < -0.3 is 23.8 Å². The number of hydrogen-bond acceptors (Lipinski definition) is 5. The highest BCUT2D eigenvalue weighted by molar-refractivity contribution is 6.09. The number of morpholine rings is 1. The van der Waals surface area contributed by atoms with Crippen LogP contribution in [0.15, 0.2) is 97.1 Å². The number of anilines is 1. The lowest BCUT2D eigenvalue weighted by Gasteiger charge is -2.41. The van der Waals surface area contributed by atoms with Gasteiger partial charge in [0, 0.05) is 46.3 Å². The number of fused-ring (bicyclic) bond motifs is 13. The van der Waals surface area contributed by atoms with Crippen molar-refractivity contribution in [1.29, 1.82) is 0 Å². The summed E-state index contributed by atoms with van der Waals surface area (Å²) in [5, 5.41) is 2.31. The molecule has 0 radical (unpaired) electrons. The average Bonchev–Trinajstić information content (AvgIpc) is 3.87. The van der Waals surface area contributed by atoms with E-state index in [0.717, 1.165) is 66.0 Å². The molecule has 5 aromatic carbocycles. The fraction of sp³-hybridized carbons (Fsp3) is 0.318. The van der Waals surface area contributed by atoms with Gasteiger partial charge in [-0.2, -0.15) is 0 Å². The van der Waals surface area contributed by atoms with Gasteiger partial charge in [0.1, 0.15) is 17.2 Å². The summed E-state index contributed by atoms with van der Waals surface area (Å²) >= 11 is 0. The molecule has 0 amide bonds. The average molecular weight is 648 g/mol. The molecule has 5 aliphatic rings. The summed E-state index contributed by atoms with van der Waals surface area (Å²) in [6.07, 6.45) is 9.79. The lowest BCUT2D eigenvalue weighted by molar-refractivity contribution is 0.122. The Morgan fingerprint density at radius 1 is 0.776 bits per heavy atom. The van der Waals surface area contributed by atoms with E-state index in [4.69, 9.17) is 18.9 Å². The van der Waals surface area contributed by atoms with Crippen molar-refractivity contribution in [3.05, 3.63) is 125 Å². The number of nitrogens with zero attached hydrogens (tertiary/aromatic N) is 1. The zero-order chi connectivity index (χ0) is 32.7. The predicted octanol–water partition coefficient (Wildman–Crippen LogP) is 9.13. The van der Waals surface area contributed by atoms with Crippen molar-refractivity contribution in [2.24, 2.45) is 11.8 Å². The Labute approximate surface area is 288 Å². The van der Waals surface area contributed by atoms with Crippen LogP contribution in [-0.2, 0) is 15.8 Å². The van der Waals surface area contributed by atoms with Crippen molar-refractivity contribution in [3.63, 3.8) is 0 Å². The Morgan fingerprint density at radius 2 is 1.53 bits per heavy atom. The van der Waals surface area contributed by atoms with E-state index < -0.39 is 5.60 Å². The summed E-state index contributed by atoms with van der Waals surface area (Å²) < 4.78 is 25.0. The molecular formula is C44H41NO4. The third-order valence-electron chi connectivity index (χ3n) is 12.4. The van der Waals surface area contributed by atoms with Crippen molar-refractivity contribution in [3.8, 4) is 28.4 Å². The number of methoxy groups -OCH3 is 2. The number of rotatable bonds is 5. The van der Waals surface area contributed by atoms with Crippen LogP contribution in [0.1, 0.15) is 53.5 Å². The van der Waals surface area contributed by atoms with E-state index in [1.165, 1.54) is 64.6 Å². The van der Waals surface area contributed by atoms with Gasteiger partial charge in [0.2, 0.25) is 0 Å². The Bertz CT molecular complexity index is 2130. The molecule has 0 N–H and O–H groups in total. The zero-order valence-electron chi connectivity index (χ0n) is 28.2. The van der Waals surface area contributed by atoms with Crippen LogP contribution in [-0.4, -0.2) is 40.5 Å². The standard InChI is InChI=1S/C44H41NO4/c1-46-33-14-16-35-38(25-33)42-37(41-40(35)36-17-15-34(47-2)26-39(36)43(41)27-28-8-9-31(43)24-28)18-19-44(49-42,29-6-4-3-5-7-29)30-10-12-32(13-11-30)45-20-22-48-23-21-45/h3-7,10-19,25-26,28,31H,8-9,20-24,27H2,1-2H3. The Morgan fingerprint density at radius 3 is 2.27 bits per heavy atom. The molecule has 49 heavy (non-hydrogen) atoms. The van der Waals surface area contributed by atoms with Gasteiger partial charge in [0.15, 0.2) is 5.60 Å². The minimum atomic E-state index is -0.807. The Kier molecular flexibility index (Phi) is 6.48. The third kappa shape index (κ3) is 4.09. The molecule has 1 spiro atoms. The maximum atomic E-state index is 7.64. The van der Waals surface area contributed by atoms with Crippen LogP contribution in [0.25, 0.3) is 28.0 Å². The fourth-order valence-corrected chi connectivity index (χ4v) is 10.2. The summed E-state index contributed by atoms with van der Waals surface area (Å²) in [6, 6.07) is 33.0. The Hall–Kier alpha value is -4.74. The molecule has 3 aliphatic carbocycles. The summed E-state index contributed by atoms with van der Waals surface area (Å²) in [6.45, 7) is 3.34. The van der Waals surface area contributed by atoms with Gasteiger partial charge >= 0.3 is 0 Å². The van der Waals surface area contributed by atoms with Crippen LogP contribution in [0.3, 0.4) is 0 Å². The normalized spacial score (nSPS) is 26.0. The molecule has 4 atom stereocenters. The maximum absolute atomic E-state index is 7.64. The first-order chi connectivity index (χ1) is 24.1. The topological polar surface area (TPSA) is 40.2 Å². The number of hydrogen-bond donors (Lipinski definition) is 0. The van der Waals surface area contributed by atoms with Gasteiger partial charge in [0.05, 0.1) is 27.4 Å². The monoisotopic (exact) mass is 647 g/mol. The van der Waals surface area contributed by atoms with Crippen LogP contribution in [0.2, 0.25) is 0 Å². The summed E-state index contributed by atoms with van der Waals surface area (Å²) in [4.78, 5) is 2.40. The molecule has 246 valence electrons. The van der Waals surface area contributed by atoms with Gasteiger partial charge in [-0.15, -0.1) is 0 Å². The molecule has 2 aliphatic heterocycles. The lowest BCUT2D eigenvalue weighted by atomic mass is 9.65. The van der Waals surface area contributed by atoms with E-state index >= 15 is 0 Å². The van der Waals surface area contributed by atoms with E-state index in [-0.39, 0.29) is 5.41 Å². The van der Waals surface area contributed by atoms with E-state index in [0.29, 0.717) is 5.92 Å². The minimum absolute atomic E-state index is 0.0550. The van der Waals surface area contributed by atoms with Crippen molar-refractivity contribution in [2.45, 2.75) is 36.7 Å². The molecule has 10 rings (SSSR count). The molecule has 5 aromatic rings. The molecule has 0 aromatic heterocycles. The highest BCUT2D eigenvalue weighted by Gasteiger charge is 2.59. The number of benzene rings is 5. The maximum Gasteiger partial charge on any atom is 0.178 e. The molecule has 2 saturated carbocycles. The van der Waals surface area contributed by atoms with Crippen LogP contribution in [0, 0.1) is 11.8 Å². The summed E-state index contributed by atoms with van der Waals surface area (Å²) in [7, 11) is 3.53. The first-order valence-corrected chi connectivity index (χ1v) is 17.9. The smallest absolute Gasteiger partial charge is 0.178 e. The quantitative estimate of drug-likeness (QED) is 0.190. The highest BCUT2D eigenvalue weighted by Crippen LogP contribution is 2.69. The molecule has 5 heteroatoms. The lowest BCUT2D eigenvalue weighted by Crippen LogP contribution is -2.37. The van der Waals surface area contributed by atoms with Crippen molar-refractivity contribution in [1.82, 2.24) is 0 Å². The third-order valence-corrected chi connectivity index (χ3v) is 12.4. The zero-order valence-corrected chi connectivity index (χ0v) is 28.2. The molecule has 2 heterocycles. The fourth-order valence-electron chi connectivity index (χ4n) is 10.2. The minimum Gasteiger partial charge on any atom is -0.497 e. The predicted molar refractivity (Wildman–Crippen MR) is 195 cm³/mol. The molecule has 1 saturated heterocycles. The van der Waals surface area contributed by atoms with Crippen molar-refractivity contribution < 1.29 is 18.9 Å². The van der Waals surface area contributed by atoms with Gasteiger partial charge in [-0.05, 0) is 107 Å². The van der Waals surface area contributed by atoms with Crippen LogP contribution < -0.4 is 19.1 Å². The van der Waals surface area contributed by atoms with Crippen LogP contribution in [0.4, 0.5) is 5.69 Å². The van der Waals surface area contributed by atoms with Gasteiger partial charge in [-0.1, -0.05) is 61.0 Å². The number of ether oxygens (including phenoxy) is 4. The Balaban J connectivity index is 1.23. The SMILES string of the molecule is COc1ccc2c(c1)C1(CC3CCC1C3)c1c3c(c4cc(OC)ccc4c1-2)OC(c1ccccc1)(c1ccc(N2CCOCC2)cc1)C=C3. The highest BCUT2D eigenvalue weighted by atomic mass is 16.5. The molecule has 3 fully saturated rings. The summed E-state index contributed by atoms with van der Waals surface area (Å²) in [5.41, 5.74) is 9.38. The molecule has 2 bridgehead atoms. The molecule has 4 unspecified atom stereocenters. The largest absolute Gasteiger partial charge is 0.497 e. The van der Waals surface area contributed by atoms with E-state index in [2.05, 4.69) is 108 Å². The van der Waals surface area contributed by atoms with Crippen molar-refractivity contribution in [2.75, 3.05) is 45.4 Å². The molecule has 5 nitrogen and oxygen atoms in total.